The monoisotopic (exact) mass is 480 g/mol. The maximum Gasteiger partial charge on any atom is 0.356 e. The highest BCUT2D eigenvalue weighted by molar-refractivity contribution is 6.29. The topological polar surface area (TPSA) is 110 Å². The SMILES string of the molecule is Cc1cc(C(C)Nc2ccc(Cl)nc2C(=O)O)c2oc(-c3cnn(C(C)C)c3)c(C)c(=O)c2c1. The smallest absolute Gasteiger partial charge is 0.356 e. The lowest BCUT2D eigenvalue weighted by atomic mass is 9.99. The molecule has 0 amide bonds. The van der Waals surface area contributed by atoms with Crippen molar-refractivity contribution in [2.75, 3.05) is 5.32 Å². The molecule has 0 saturated heterocycles. The molecule has 1 atom stereocenters. The number of aromatic nitrogens is 3. The molecule has 0 fully saturated rings. The number of hydrogen-bond donors (Lipinski definition) is 2. The number of nitrogens with one attached hydrogen (secondary N) is 1. The van der Waals surface area contributed by atoms with Crippen LogP contribution in [0, 0.1) is 13.8 Å². The molecule has 4 rings (SSSR count). The minimum absolute atomic E-state index is 0.0877. The zero-order valence-corrected chi connectivity index (χ0v) is 20.3. The van der Waals surface area contributed by atoms with E-state index in [2.05, 4.69) is 15.4 Å². The van der Waals surface area contributed by atoms with E-state index < -0.39 is 12.0 Å². The molecule has 8 nitrogen and oxygen atoms in total. The van der Waals surface area contributed by atoms with E-state index in [0.29, 0.717) is 33.5 Å². The number of carboxylic acid groups (broad SMARTS) is 1. The number of aryl methyl sites for hydroxylation is 1. The molecule has 0 aliphatic heterocycles. The van der Waals surface area contributed by atoms with Crippen LogP contribution in [0.5, 0.6) is 0 Å². The number of benzene rings is 1. The highest BCUT2D eigenvalue weighted by Crippen LogP contribution is 2.32. The van der Waals surface area contributed by atoms with Crippen LogP contribution < -0.4 is 10.7 Å². The average molecular weight is 481 g/mol. The van der Waals surface area contributed by atoms with Gasteiger partial charge in [0, 0.05) is 23.4 Å². The Bertz CT molecular complexity index is 1470. The van der Waals surface area contributed by atoms with Crippen molar-refractivity contribution in [2.45, 2.75) is 46.7 Å². The van der Waals surface area contributed by atoms with Crippen molar-refractivity contribution in [3.8, 4) is 11.3 Å². The first-order valence-corrected chi connectivity index (χ1v) is 11.2. The predicted octanol–water partition coefficient (Wildman–Crippen LogP) is 5.77. The van der Waals surface area contributed by atoms with Crippen molar-refractivity contribution in [2.24, 2.45) is 0 Å². The number of anilines is 1. The second-order valence-corrected chi connectivity index (χ2v) is 9.01. The van der Waals surface area contributed by atoms with Crippen LogP contribution in [0.15, 0.2) is 45.9 Å². The molecule has 0 aliphatic rings. The molecule has 0 saturated carbocycles. The molecule has 0 radical (unpaired) electrons. The van der Waals surface area contributed by atoms with Gasteiger partial charge in [0.1, 0.15) is 16.5 Å². The van der Waals surface area contributed by atoms with E-state index in [4.69, 9.17) is 16.0 Å². The molecular formula is C25H25ClN4O4. The Morgan fingerprint density at radius 1 is 1.21 bits per heavy atom. The lowest BCUT2D eigenvalue weighted by Crippen LogP contribution is -2.14. The van der Waals surface area contributed by atoms with Crippen LogP contribution in [-0.2, 0) is 0 Å². The molecule has 0 spiro atoms. The Hall–Kier alpha value is -3.65. The second-order valence-electron chi connectivity index (χ2n) is 8.62. The van der Waals surface area contributed by atoms with Gasteiger partial charge in [-0.3, -0.25) is 9.48 Å². The third kappa shape index (κ3) is 4.28. The van der Waals surface area contributed by atoms with Gasteiger partial charge in [0.15, 0.2) is 11.1 Å². The van der Waals surface area contributed by atoms with Crippen LogP contribution in [0.4, 0.5) is 5.69 Å². The molecule has 1 aromatic carbocycles. The van der Waals surface area contributed by atoms with Gasteiger partial charge in [-0.2, -0.15) is 5.10 Å². The van der Waals surface area contributed by atoms with Crippen molar-refractivity contribution in [1.29, 1.82) is 0 Å². The lowest BCUT2D eigenvalue weighted by molar-refractivity contribution is 0.0691. The Morgan fingerprint density at radius 3 is 2.59 bits per heavy atom. The van der Waals surface area contributed by atoms with Crippen molar-refractivity contribution in [3.05, 3.63) is 74.4 Å². The number of carboxylic acids is 1. The van der Waals surface area contributed by atoms with E-state index in [1.54, 1.807) is 29.9 Å². The van der Waals surface area contributed by atoms with Gasteiger partial charge in [-0.25, -0.2) is 9.78 Å². The van der Waals surface area contributed by atoms with E-state index >= 15 is 0 Å². The molecular weight excluding hydrogens is 456 g/mol. The van der Waals surface area contributed by atoms with Crippen molar-refractivity contribution < 1.29 is 14.3 Å². The summed E-state index contributed by atoms with van der Waals surface area (Å²) in [5.41, 5.74) is 3.27. The maximum atomic E-state index is 13.3. The molecule has 176 valence electrons. The zero-order valence-electron chi connectivity index (χ0n) is 19.5. The Balaban J connectivity index is 1.87. The third-order valence-corrected chi connectivity index (χ3v) is 5.90. The van der Waals surface area contributed by atoms with Gasteiger partial charge in [0.2, 0.25) is 0 Å². The molecule has 9 heteroatoms. The maximum absolute atomic E-state index is 13.3. The molecule has 1 unspecified atom stereocenters. The van der Waals surface area contributed by atoms with Gasteiger partial charge < -0.3 is 14.8 Å². The fourth-order valence-corrected chi connectivity index (χ4v) is 4.08. The summed E-state index contributed by atoms with van der Waals surface area (Å²) >= 11 is 5.88. The Morgan fingerprint density at radius 2 is 1.94 bits per heavy atom. The number of aromatic carboxylic acids is 1. The zero-order chi connectivity index (χ0) is 24.7. The normalized spacial score (nSPS) is 12.3. The summed E-state index contributed by atoms with van der Waals surface area (Å²) in [4.78, 5) is 28.9. The van der Waals surface area contributed by atoms with Gasteiger partial charge in [-0.05, 0) is 58.4 Å². The van der Waals surface area contributed by atoms with Gasteiger partial charge in [0.05, 0.1) is 28.9 Å². The number of fused-ring (bicyclic) bond motifs is 1. The minimum Gasteiger partial charge on any atom is -0.476 e. The quantitative estimate of drug-likeness (QED) is 0.337. The van der Waals surface area contributed by atoms with E-state index in [1.165, 1.54) is 6.07 Å². The van der Waals surface area contributed by atoms with Crippen molar-refractivity contribution in [3.63, 3.8) is 0 Å². The fourth-order valence-electron chi connectivity index (χ4n) is 3.93. The van der Waals surface area contributed by atoms with Gasteiger partial charge in [0.25, 0.3) is 0 Å². The number of hydrogen-bond acceptors (Lipinski definition) is 6. The molecule has 2 N–H and O–H groups in total. The van der Waals surface area contributed by atoms with Crippen LogP contribution in [0.2, 0.25) is 5.15 Å². The number of halogens is 1. The minimum atomic E-state index is -1.20. The molecule has 0 aliphatic carbocycles. The summed E-state index contributed by atoms with van der Waals surface area (Å²) in [6.07, 6.45) is 3.54. The number of pyridine rings is 1. The van der Waals surface area contributed by atoms with Crippen molar-refractivity contribution >= 4 is 34.2 Å². The van der Waals surface area contributed by atoms with Gasteiger partial charge >= 0.3 is 5.97 Å². The standard InChI is InChI=1S/C25H25ClN4O4/c1-12(2)30-11-16(10-27-30)23-14(4)22(31)18-9-13(3)8-17(24(18)34-23)15(5)28-19-6-7-20(26)29-21(19)25(32)33/h6-12,15,28H,1-5H3,(H,32,33). The largest absolute Gasteiger partial charge is 0.476 e. The summed E-state index contributed by atoms with van der Waals surface area (Å²) in [5.74, 6) is -0.737. The summed E-state index contributed by atoms with van der Waals surface area (Å²) in [6.45, 7) is 9.55. The van der Waals surface area contributed by atoms with Crippen LogP contribution in [0.1, 0.15) is 60.0 Å². The first-order chi connectivity index (χ1) is 16.1. The molecule has 3 aromatic heterocycles. The highest BCUT2D eigenvalue weighted by atomic mass is 35.5. The summed E-state index contributed by atoms with van der Waals surface area (Å²) in [6, 6.07) is 6.58. The average Bonchev–Trinajstić information content (AvgIpc) is 3.27. The highest BCUT2D eigenvalue weighted by Gasteiger charge is 2.21. The van der Waals surface area contributed by atoms with Crippen LogP contribution in [0.3, 0.4) is 0 Å². The first kappa shape index (κ1) is 23.5. The first-order valence-electron chi connectivity index (χ1n) is 10.9. The molecule has 34 heavy (non-hydrogen) atoms. The van der Waals surface area contributed by atoms with Crippen molar-refractivity contribution in [1.82, 2.24) is 14.8 Å². The van der Waals surface area contributed by atoms with Gasteiger partial charge in [-0.1, -0.05) is 17.7 Å². The summed E-state index contributed by atoms with van der Waals surface area (Å²) in [5, 5.41) is 17.6. The van der Waals surface area contributed by atoms with Crippen LogP contribution in [-0.4, -0.2) is 25.8 Å². The number of rotatable bonds is 6. The third-order valence-electron chi connectivity index (χ3n) is 5.69. The summed E-state index contributed by atoms with van der Waals surface area (Å²) in [7, 11) is 0. The van der Waals surface area contributed by atoms with E-state index in [-0.39, 0.29) is 22.3 Å². The van der Waals surface area contributed by atoms with E-state index in [9.17, 15) is 14.7 Å². The lowest BCUT2D eigenvalue weighted by Gasteiger charge is -2.19. The fraction of sp³-hybridized carbons (Fsp3) is 0.280. The van der Waals surface area contributed by atoms with E-state index in [0.717, 1.165) is 11.1 Å². The summed E-state index contributed by atoms with van der Waals surface area (Å²) < 4.78 is 8.15. The Labute approximate surface area is 201 Å². The second kappa shape index (κ2) is 8.95. The number of carbonyl (C=O) groups is 1. The van der Waals surface area contributed by atoms with Crippen LogP contribution in [0.25, 0.3) is 22.3 Å². The van der Waals surface area contributed by atoms with E-state index in [1.807, 2.05) is 40.0 Å². The molecule has 4 aromatic rings. The van der Waals surface area contributed by atoms with Crippen LogP contribution >= 0.6 is 11.6 Å². The molecule has 3 heterocycles. The molecule has 0 bridgehead atoms. The van der Waals surface area contributed by atoms with Gasteiger partial charge in [-0.15, -0.1) is 0 Å². The Kier molecular flexibility index (Phi) is 6.18. The predicted molar refractivity (Wildman–Crippen MR) is 132 cm³/mol. The number of nitrogens with zero attached hydrogens (tertiary/aromatic N) is 3.